The van der Waals surface area contributed by atoms with E-state index in [4.69, 9.17) is 5.26 Å². The summed E-state index contributed by atoms with van der Waals surface area (Å²) in [4.78, 5) is 12.1. The number of rotatable bonds is 3. The molecule has 4 heteroatoms. The Hall–Kier alpha value is -2.54. The summed E-state index contributed by atoms with van der Waals surface area (Å²) in [6.45, 7) is 4.02. The number of aromatic nitrogens is 1. The summed E-state index contributed by atoms with van der Waals surface area (Å²) in [7, 11) is 1.99. The van der Waals surface area contributed by atoms with Crippen molar-refractivity contribution in [2.75, 3.05) is 5.32 Å². The number of hydrogen-bond donors (Lipinski definition) is 1. The number of carbonyl (C=O) groups excluding carboxylic acids is 1. The second kappa shape index (κ2) is 5.62. The van der Waals surface area contributed by atoms with Gasteiger partial charge in [-0.3, -0.25) is 4.79 Å². The normalized spacial score (nSPS) is 10.1. The van der Waals surface area contributed by atoms with Crippen LogP contribution in [0.3, 0.4) is 0 Å². The van der Waals surface area contributed by atoms with Gasteiger partial charge in [-0.25, -0.2) is 0 Å². The third-order valence-electron chi connectivity index (χ3n) is 3.51. The monoisotopic (exact) mass is 267 g/mol. The van der Waals surface area contributed by atoms with E-state index < -0.39 is 0 Å². The molecule has 1 heterocycles. The van der Waals surface area contributed by atoms with E-state index >= 15 is 0 Å². The number of amides is 1. The third kappa shape index (κ3) is 2.89. The fourth-order valence-corrected chi connectivity index (χ4v) is 2.16. The van der Waals surface area contributed by atoms with Crippen LogP contribution in [0.4, 0.5) is 5.69 Å². The van der Waals surface area contributed by atoms with Crippen LogP contribution in [0.15, 0.2) is 30.3 Å². The SMILES string of the molecule is Cc1cc(CC(=O)Nc2cccc(C#N)c2)c(C)n1C. The molecule has 4 nitrogen and oxygen atoms in total. The summed E-state index contributed by atoms with van der Waals surface area (Å²) in [6, 6.07) is 11.0. The van der Waals surface area contributed by atoms with E-state index in [1.54, 1.807) is 24.3 Å². The molecule has 0 atom stereocenters. The summed E-state index contributed by atoms with van der Waals surface area (Å²) in [5, 5.41) is 11.7. The highest BCUT2D eigenvalue weighted by Gasteiger charge is 2.10. The molecular weight excluding hydrogens is 250 g/mol. The van der Waals surface area contributed by atoms with Crippen LogP contribution in [-0.2, 0) is 18.3 Å². The second-order valence-corrected chi connectivity index (χ2v) is 4.87. The molecule has 0 aliphatic rings. The van der Waals surface area contributed by atoms with Gasteiger partial charge >= 0.3 is 0 Å². The molecule has 0 saturated heterocycles. The van der Waals surface area contributed by atoms with Gasteiger partial charge in [0.05, 0.1) is 18.1 Å². The molecule has 0 unspecified atom stereocenters. The van der Waals surface area contributed by atoms with Crippen molar-refractivity contribution in [3.05, 3.63) is 52.8 Å². The number of aryl methyl sites for hydroxylation is 1. The Bertz CT molecular complexity index is 692. The number of nitrogens with one attached hydrogen (secondary N) is 1. The molecule has 1 amide bonds. The molecule has 0 aliphatic carbocycles. The molecule has 2 rings (SSSR count). The minimum absolute atomic E-state index is 0.0752. The minimum atomic E-state index is -0.0752. The molecule has 20 heavy (non-hydrogen) atoms. The minimum Gasteiger partial charge on any atom is -0.352 e. The van der Waals surface area contributed by atoms with Gasteiger partial charge in [0.2, 0.25) is 5.91 Å². The maximum atomic E-state index is 12.1. The van der Waals surface area contributed by atoms with Gasteiger partial charge < -0.3 is 9.88 Å². The first-order valence-corrected chi connectivity index (χ1v) is 6.43. The first-order valence-electron chi connectivity index (χ1n) is 6.43. The van der Waals surface area contributed by atoms with E-state index in [-0.39, 0.29) is 5.91 Å². The van der Waals surface area contributed by atoms with Crippen molar-refractivity contribution in [1.29, 1.82) is 5.26 Å². The molecule has 2 aromatic rings. The zero-order chi connectivity index (χ0) is 14.7. The van der Waals surface area contributed by atoms with E-state index in [0.717, 1.165) is 17.0 Å². The highest BCUT2D eigenvalue weighted by molar-refractivity contribution is 5.92. The number of nitriles is 1. The lowest BCUT2D eigenvalue weighted by Gasteiger charge is -2.06. The molecule has 0 radical (unpaired) electrons. The lowest BCUT2D eigenvalue weighted by atomic mass is 10.1. The van der Waals surface area contributed by atoms with Crippen LogP contribution in [-0.4, -0.2) is 10.5 Å². The molecular formula is C16H17N3O. The number of hydrogen-bond acceptors (Lipinski definition) is 2. The van der Waals surface area contributed by atoms with Crippen LogP contribution >= 0.6 is 0 Å². The van der Waals surface area contributed by atoms with E-state index in [0.29, 0.717) is 17.7 Å². The average molecular weight is 267 g/mol. The molecule has 0 spiro atoms. The molecule has 1 aromatic heterocycles. The summed E-state index contributed by atoms with van der Waals surface area (Å²) in [6.07, 6.45) is 0.338. The Kier molecular flexibility index (Phi) is 3.90. The first kappa shape index (κ1) is 13.9. The Labute approximate surface area is 118 Å². The topological polar surface area (TPSA) is 57.8 Å². The summed E-state index contributed by atoms with van der Waals surface area (Å²) < 4.78 is 2.07. The van der Waals surface area contributed by atoms with Gasteiger partial charge in [0.1, 0.15) is 0 Å². The van der Waals surface area contributed by atoms with E-state index in [2.05, 4.69) is 16.0 Å². The molecule has 0 aliphatic heterocycles. The van der Waals surface area contributed by atoms with Crippen molar-refractivity contribution in [2.45, 2.75) is 20.3 Å². The second-order valence-electron chi connectivity index (χ2n) is 4.87. The lowest BCUT2D eigenvalue weighted by molar-refractivity contribution is -0.115. The first-order chi connectivity index (χ1) is 9.51. The van der Waals surface area contributed by atoms with Gasteiger partial charge in [0, 0.05) is 24.1 Å². The zero-order valence-corrected chi connectivity index (χ0v) is 11.9. The molecule has 0 bridgehead atoms. The van der Waals surface area contributed by atoms with Crippen molar-refractivity contribution in [3.8, 4) is 6.07 Å². The predicted molar refractivity (Wildman–Crippen MR) is 78.4 cm³/mol. The fraction of sp³-hybridized carbons (Fsp3) is 0.250. The average Bonchev–Trinajstić information content (AvgIpc) is 2.66. The largest absolute Gasteiger partial charge is 0.352 e. The molecule has 0 saturated carbocycles. The Balaban J connectivity index is 2.09. The van der Waals surface area contributed by atoms with Crippen LogP contribution in [0.5, 0.6) is 0 Å². The standard InChI is InChI=1S/C16H17N3O/c1-11-7-14(12(2)19(11)3)9-16(20)18-15-6-4-5-13(8-15)10-17/h4-8H,9H2,1-3H3,(H,18,20). The van der Waals surface area contributed by atoms with E-state index in [9.17, 15) is 4.79 Å². The number of benzene rings is 1. The zero-order valence-electron chi connectivity index (χ0n) is 11.9. The van der Waals surface area contributed by atoms with Crippen molar-refractivity contribution in [2.24, 2.45) is 7.05 Å². The molecule has 0 fully saturated rings. The Morgan fingerprint density at radius 1 is 1.35 bits per heavy atom. The maximum absolute atomic E-state index is 12.1. The number of carbonyl (C=O) groups is 1. The van der Waals surface area contributed by atoms with Gasteiger partial charge in [-0.2, -0.15) is 5.26 Å². The van der Waals surface area contributed by atoms with Gasteiger partial charge in [0.15, 0.2) is 0 Å². The van der Waals surface area contributed by atoms with Gasteiger partial charge in [-0.1, -0.05) is 6.07 Å². The quantitative estimate of drug-likeness (QED) is 0.929. The molecule has 102 valence electrons. The smallest absolute Gasteiger partial charge is 0.228 e. The van der Waals surface area contributed by atoms with Crippen molar-refractivity contribution < 1.29 is 4.79 Å². The van der Waals surface area contributed by atoms with Crippen LogP contribution in [0, 0.1) is 25.2 Å². The maximum Gasteiger partial charge on any atom is 0.228 e. The third-order valence-corrected chi connectivity index (χ3v) is 3.51. The van der Waals surface area contributed by atoms with Crippen LogP contribution in [0.2, 0.25) is 0 Å². The summed E-state index contributed by atoms with van der Waals surface area (Å²) >= 11 is 0. The van der Waals surface area contributed by atoms with E-state index in [1.165, 1.54) is 0 Å². The molecule has 1 N–H and O–H groups in total. The van der Waals surface area contributed by atoms with Crippen molar-refractivity contribution >= 4 is 11.6 Å². The number of anilines is 1. The highest BCUT2D eigenvalue weighted by Crippen LogP contribution is 2.15. The summed E-state index contributed by atoms with van der Waals surface area (Å²) in [5.41, 5.74) is 4.45. The van der Waals surface area contributed by atoms with Crippen LogP contribution < -0.4 is 5.32 Å². The number of nitrogens with zero attached hydrogens (tertiary/aromatic N) is 2. The van der Waals surface area contributed by atoms with Crippen molar-refractivity contribution in [3.63, 3.8) is 0 Å². The fourth-order valence-electron chi connectivity index (χ4n) is 2.16. The highest BCUT2D eigenvalue weighted by atomic mass is 16.1. The Morgan fingerprint density at radius 3 is 2.70 bits per heavy atom. The summed E-state index contributed by atoms with van der Waals surface area (Å²) in [5.74, 6) is -0.0752. The van der Waals surface area contributed by atoms with Crippen LogP contribution in [0.25, 0.3) is 0 Å². The van der Waals surface area contributed by atoms with Gasteiger partial charge in [-0.05, 0) is 43.7 Å². The molecule has 1 aromatic carbocycles. The lowest BCUT2D eigenvalue weighted by Crippen LogP contribution is -2.14. The predicted octanol–water partition coefficient (Wildman–Crippen LogP) is 2.69. The van der Waals surface area contributed by atoms with Crippen LogP contribution in [0.1, 0.15) is 22.5 Å². The van der Waals surface area contributed by atoms with E-state index in [1.807, 2.05) is 27.0 Å². The Morgan fingerprint density at radius 2 is 2.10 bits per heavy atom. The van der Waals surface area contributed by atoms with Gasteiger partial charge in [-0.15, -0.1) is 0 Å². The van der Waals surface area contributed by atoms with Gasteiger partial charge in [0.25, 0.3) is 0 Å². The van der Waals surface area contributed by atoms with Crippen molar-refractivity contribution in [1.82, 2.24) is 4.57 Å².